The lowest BCUT2D eigenvalue weighted by atomic mass is 10.1. The van der Waals surface area contributed by atoms with Gasteiger partial charge in [0.1, 0.15) is 0 Å². The van der Waals surface area contributed by atoms with Crippen LogP contribution in [0.4, 0.5) is 5.69 Å². The molecular formula is C14H23N3O2. The van der Waals surface area contributed by atoms with E-state index in [1.165, 1.54) is 0 Å². The molecule has 0 aromatic carbocycles. The van der Waals surface area contributed by atoms with Crippen molar-refractivity contribution in [2.75, 3.05) is 18.9 Å². The average Bonchev–Trinajstić information content (AvgIpc) is 2.41. The lowest BCUT2D eigenvalue weighted by Gasteiger charge is -2.30. The van der Waals surface area contributed by atoms with Crippen molar-refractivity contribution in [3.63, 3.8) is 0 Å². The van der Waals surface area contributed by atoms with Gasteiger partial charge in [-0.25, -0.2) is 0 Å². The molecule has 0 aliphatic heterocycles. The Kier molecular flexibility index (Phi) is 6.29. The molecule has 0 saturated heterocycles. The number of aliphatic hydroxyl groups excluding tert-OH is 1. The van der Waals surface area contributed by atoms with Gasteiger partial charge in [0, 0.05) is 18.3 Å². The highest BCUT2D eigenvalue weighted by molar-refractivity contribution is 5.78. The maximum Gasteiger partial charge on any atom is 0.228 e. The first-order chi connectivity index (χ1) is 9.12. The van der Waals surface area contributed by atoms with E-state index >= 15 is 0 Å². The van der Waals surface area contributed by atoms with Crippen LogP contribution in [0.25, 0.3) is 0 Å². The Morgan fingerprint density at radius 3 is 2.58 bits per heavy atom. The van der Waals surface area contributed by atoms with Crippen LogP contribution in [0, 0.1) is 0 Å². The molecule has 3 N–H and O–H groups in total. The van der Waals surface area contributed by atoms with Crippen LogP contribution in [0.2, 0.25) is 0 Å². The fraction of sp³-hybridized carbons (Fsp3) is 0.571. The van der Waals surface area contributed by atoms with Crippen LogP contribution in [0.3, 0.4) is 0 Å². The molecule has 106 valence electrons. The smallest absolute Gasteiger partial charge is 0.228 e. The summed E-state index contributed by atoms with van der Waals surface area (Å²) in [4.78, 5) is 18.2. The molecule has 19 heavy (non-hydrogen) atoms. The Balaban J connectivity index is 2.73. The maximum absolute atomic E-state index is 12.3. The van der Waals surface area contributed by atoms with Crippen LogP contribution in [0.5, 0.6) is 0 Å². The van der Waals surface area contributed by atoms with Gasteiger partial charge in [0.2, 0.25) is 5.91 Å². The van der Waals surface area contributed by atoms with Crippen molar-refractivity contribution in [1.82, 2.24) is 9.88 Å². The summed E-state index contributed by atoms with van der Waals surface area (Å²) in [6, 6.07) is 3.67. The van der Waals surface area contributed by atoms with E-state index in [9.17, 15) is 4.79 Å². The van der Waals surface area contributed by atoms with E-state index in [4.69, 9.17) is 10.8 Å². The largest absolute Gasteiger partial charge is 0.397 e. The summed E-state index contributed by atoms with van der Waals surface area (Å²) in [7, 11) is 0. The van der Waals surface area contributed by atoms with Crippen molar-refractivity contribution in [2.24, 2.45) is 0 Å². The summed E-state index contributed by atoms with van der Waals surface area (Å²) in [5, 5.41) is 9.10. The average molecular weight is 265 g/mol. The van der Waals surface area contributed by atoms with E-state index in [1.807, 2.05) is 13.8 Å². The van der Waals surface area contributed by atoms with E-state index < -0.39 is 0 Å². The summed E-state index contributed by atoms with van der Waals surface area (Å²) < 4.78 is 0. The molecule has 5 heteroatoms. The van der Waals surface area contributed by atoms with Gasteiger partial charge in [-0.2, -0.15) is 0 Å². The first-order valence-corrected chi connectivity index (χ1v) is 6.73. The van der Waals surface area contributed by atoms with Gasteiger partial charge in [-0.3, -0.25) is 9.78 Å². The topological polar surface area (TPSA) is 79.5 Å². The summed E-state index contributed by atoms with van der Waals surface area (Å²) >= 11 is 0. The molecule has 5 nitrogen and oxygen atoms in total. The number of aliphatic hydroxyl groups is 1. The highest BCUT2D eigenvalue weighted by Crippen LogP contribution is 2.11. The van der Waals surface area contributed by atoms with Gasteiger partial charge in [0.05, 0.1) is 24.9 Å². The van der Waals surface area contributed by atoms with Crippen molar-refractivity contribution < 1.29 is 9.90 Å². The fourth-order valence-corrected chi connectivity index (χ4v) is 2.15. The van der Waals surface area contributed by atoms with Crippen LogP contribution in [-0.2, 0) is 11.2 Å². The van der Waals surface area contributed by atoms with Crippen LogP contribution in [0.15, 0.2) is 18.3 Å². The number of amides is 1. The fourth-order valence-electron chi connectivity index (χ4n) is 2.15. The van der Waals surface area contributed by atoms with Crippen LogP contribution in [-0.4, -0.2) is 40.1 Å². The first-order valence-electron chi connectivity index (χ1n) is 6.73. The normalized spacial score (nSPS) is 10.7. The van der Waals surface area contributed by atoms with Gasteiger partial charge in [0.25, 0.3) is 0 Å². The van der Waals surface area contributed by atoms with E-state index in [1.54, 1.807) is 23.2 Å². The highest BCUT2D eigenvalue weighted by Gasteiger charge is 2.20. The quantitative estimate of drug-likeness (QED) is 0.776. The van der Waals surface area contributed by atoms with Gasteiger partial charge >= 0.3 is 0 Å². The molecule has 1 rings (SSSR count). The number of nitrogen functional groups attached to an aromatic ring is 1. The molecule has 1 aromatic heterocycles. The molecule has 0 saturated carbocycles. The molecule has 0 spiro atoms. The van der Waals surface area contributed by atoms with Gasteiger partial charge in [-0.1, -0.05) is 13.8 Å². The molecule has 0 fully saturated rings. The number of hydrogen-bond donors (Lipinski definition) is 2. The molecule has 1 amide bonds. The number of nitrogens with two attached hydrogens (primary N) is 1. The van der Waals surface area contributed by atoms with Crippen molar-refractivity contribution >= 4 is 11.6 Å². The van der Waals surface area contributed by atoms with Gasteiger partial charge in [0.15, 0.2) is 0 Å². The molecule has 0 radical (unpaired) electrons. The summed E-state index contributed by atoms with van der Waals surface area (Å²) in [5.74, 6) is 0.0000198. The molecule has 1 aromatic rings. The number of hydrogen-bond acceptors (Lipinski definition) is 4. The number of rotatable bonds is 7. The number of pyridine rings is 1. The lowest BCUT2D eigenvalue weighted by Crippen LogP contribution is -2.42. The zero-order valence-corrected chi connectivity index (χ0v) is 11.7. The van der Waals surface area contributed by atoms with Crippen molar-refractivity contribution in [2.45, 2.75) is 39.2 Å². The first kappa shape index (κ1) is 15.4. The Hall–Kier alpha value is -1.62. The number of anilines is 1. The van der Waals surface area contributed by atoms with Crippen LogP contribution in [0.1, 0.15) is 32.4 Å². The molecule has 1 heterocycles. The zero-order chi connectivity index (χ0) is 14.3. The van der Waals surface area contributed by atoms with Crippen molar-refractivity contribution in [3.05, 3.63) is 24.0 Å². The minimum absolute atomic E-state index is 0.0000198. The van der Waals surface area contributed by atoms with E-state index in [-0.39, 0.29) is 25.0 Å². The summed E-state index contributed by atoms with van der Waals surface area (Å²) in [6.07, 6.45) is 3.57. The van der Waals surface area contributed by atoms with Crippen molar-refractivity contribution in [1.29, 1.82) is 0 Å². The maximum atomic E-state index is 12.3. The van der Waals surface area contributed by atoms with Gasteiger partial charge in [-0.15, -0.1) is 0 Å². The molecule has 0 unspecified atom stereocenters. The molecule has 0 aliphatic carbocycles. The standard InChI is InChI=1S/C14H23N3O2/c1-3-13(4-2)17(7-8-18)14(19)9-12-6-5-11(15)10-16-12/h5-6,10,13,18H,3-4,7-9,15H2,1-2H3. The van der Waals surface area contributed by atoms with E-state index in [0.717, 1.165) is 12.8 Å². The van der Waals surface area contributed by atoms with Crippen molar-refractivity contribution in [3.8, 4) is 0 Å². The highest BCUT2D eigenvalue weighted by atomic mass is 16.3. The minimum Gasteiger partial charge on any atom is -0.397 e. The monoisotopic (exact) mass is 265 g/mol. The minimum atomic E-state index is -0.0165. The second kappa shape index (κ2) is 7.74. The Morgan fingerprint density at radius 2 is 2.11 bits per heavy atom. The second-order valence-corrected chi connectivity index (χ2v) is 4.54. The Morgan fingerprint density at radius 1 is 1.42 bits per heavy atom. The second-order valence-electron chi connectivity index (χ2n) is 4.54. The van der Waals surface area contributed by atoms with Crippen LogP contribution < -0.4 is 5.73 Å². The summed E-state index contributed by atoms with van der Waals surface area (Å²) in [5.41, 5.74) is 6.85. The van der Waals surface area contributed by atoms with Gasteiger partial charge < -0.3 is 15.7 Å². The Labute approximate surface area is 114 Å². The summed E-state index contributed by atoms with van der Waals surface area (Å²) in [6.45, 7) is 4.46. The van der Waals surface area contributed by atoms with Crippen LogP contribution >= 0.6 is 0 Å². The lowest BCUT2D eigenvalue weighted by molar-refractivity contribution is -0.133. The van der Waals surface area contributed by atoms with E-state index in [2.05, 4.69) is 4.98 Å². The number of aromatic nitrogens is 1. The number of nitrogens with zero attached hydrogens (tertiary/aromatic N) is 2. The SMILES string of the molecule is CCC(CC)N(CCO)C(=O)Cc1ccc(N)cn1. The Bertz CT molecular complexity index is 388. The predicted octanol–water partition coefficient (Wildman–Crippen LogP) is 1.22. The zero-order valence-electron chi connectivity index (χ0n) is 11.7. The molecule has 0 aliphatic rings. The number of carbonyl (C=O) groups is 1. The number of carbonyl (C=O) groups excluding carboxylic acids is 1. The van der Waals surface area contributed by atoms with Gasteiger partial charge in [-0.05, 0) is 25.0 Å². The third-order valence-electron chi connectivity index (χ3n) is 3.22. The molecule has 0 bridgehead atoms. The van der Waals surface area contributed by atoms with E-state index in [0.29, 0.717) is 17.9 Å². The third kappa shape index (κ3) is 4.52. The molecule has 0 atom stereocenters. The molecular weight excluding hydrogens is 242 g/mol. The third-order valence-corrected chi connectivity index (χ3v) is 3.22. The predicted molar refractivity (Wildman–Crippen MR) is 75.5 cm³/mol.